The van der Waals surface area contributed by atoms with E-state index in [0.29, 0.717) is 19.7 Å². The summed E-state index contributed by atoms with van der Waals surface area (Å²) in [7, 11) is 1.62. The lowest BCUT2D eigenvalue weighted by atomic mass is 10.1. The van der Waals surface area contributed by atoms with Gasteiger partial charge < -0.3 is 15.4 Å². The van der Waals surface area contributed by atoms with Crippen LogP contribution in [0.15, 0.2) is 24.3 Å². The minimum absolute atomic E-state index is 0.000275. The Hall–Kier alpha value is -1.39. The Morgan fingerprint density at radius 2 is 2.22 bits per heavy atom. The Kier molecular flexibility index (Phi) is 6.39. The van der Waals surface area contributed by atoms with Gasteiger partial charge in [-0.2, -0.15) is 0 Å². The first-order chi connectivity index (χ1) is 8.63. The van der Waals surface area contributed by atoms with Crippen molar-refractivity contribution in [1.82, 2.24) is 10.6 Å². The van der Waals surface area contributed by atoms with Crippen LogP contribution in [-0.4, -0.2) is 32.2 Å². The molecule has 0 spiro atoms. The second-order valence-corrected chi connectivity index (χ2v) is 4.38. The van der Waals surface area contributed by atoms with E-state index >= 15 is 0 Å². The first-order valence-corrected chi connectivity index (χ1v) is 6.19. The molecule has 0 saturated carbocycles. The van der Waals surface area contributed by atoms with Gasteiger partial charge in [-0.05, 0) is 19.4 Å². The Balaban J connectivity index is 2.32. The molecular weight excluding hydrogens is 228 g/mol. The summed E-state index contributed by atoms with van der Waals surface area (Å²) in [4.78, 5) is 11.7. The normalized spacial score (nSPS) is 12.2. The summed E-state index contributed by atoms with van der Waals surface area (Å²) in [6, 6.07) is 8.04. The Bertz CT molecular complexity index is 380. The quantitative estimate of drug-likeness (QED) is 0.716. The van der Waals surface area contributed by atoms with E-state index in [-0.39, 0.29) is 11.9 Å². The first kappa shape index (κ1) is 14.7. The zero-order valence-electron chi connectivity index (χ0n) is 11.3. The van der Waals surface area contributed by atoms with Crippen molar-refractivity contribution in [2.75, 3.05) is 20.3 Å². The number of nitrogens with one attached hydrogen (secondary N) is 2. The number of amides is 1. The van der Waals surface area contributed by atoms with Gasteiger partial charge in [0.05, 0.1) is 12.6 Å². The van der Waals surface area contributed by atoms with Crippen molar-refractivity contribution in [1.29, 1.82) is 0 Å². The van der Waals surface area contributed by atoms with Crippen molar-refractivity contribution in [3.8, 4) is 0 Å². The van der Waals surface area contributed by atoms with Crippen LogP contribution in [0, 0.1) is 6.92 Å². The van der Waals surface area contributed by atoms with Crippen molar-refractivity contribution in [2.24, 2.45) is 0 Å². The molecule has 1 rings (SSSR count). The summed E-state index contributed by atoms with van der Waals surface area (Å²) in [6.45, 7) is 5.70. The standard InChI is InChI=1S/C14H22N2O2/c1-11-5-4-6-13(9-11)10-16-12(2)14(17)15-7-8-18-3/h4-6,9,12,16H,7-8,10H2,1-3H3,(H,15,17). The lowest BCUT2D eigenvalue weighted by molar-refractivity contribution is -0.122. The minimum Gasteiger partial charge on any atom is -0.383 e. The van der Waals surface area contributed by atoms with Gasteiger partial charge in [-0.25, -0.2) is 0 Å². The predicted octanol–water partition coefficient (Wildman–Crippen LogP) is 1.24. The van der Waals surface area contributed by atoms with E-state index in [2.05, 4.69) is 35.8 Å². The molecule has 0 aromatic heterocycles. The van der Waals surface area contributed by atoms with Gasteiger partial charge in [0.25, 0.3) is 0 Å². The number of benzene rings is 1. The van der Waals surface area contributed by atoms with E-state index in [1.165, 1.54) is 11.1 Å². The third-order valence-corrected chi connectivity index (χ3v) is 2.69. The molecule has 1 amide bonds. The molecule has 4 nitrogen and oxygen atoms in total. The number of aryl methyl sites for hydroxylation is 1. The van der Waals surface area contributed by atoms with Gasteiger partial charge >= 0.3 is 0 Å². The van der Waals surface area contributed by atoms with Crippen LogP contribution in [0.4, 0.5) is 0 Å². The van der Waals surface area contributed by atoms with Crippen molar-refractivity contribution >= 4 is 5.91 Å². The molecule has 1 unspecified atom stereocenters. The van der Waals surface area contributed by atoms with Crippen molar-refractivity contribution in [3.63, 3.8) is 0 Å². The molecule has 0 fully saturated rings. The summed E-state index contributed by atoms with van der Waals surface area (Å²) in [5, 5.41) is 6.00. The van der Waals surface area contributed by atoms with Crippen LogP contribution in [0.3, 0.4) is 0 Å². The third kappa shape index (κ3) is 5.29. The summed E-state index contributed by atoms with van der Waals surface area (Å²) >= 11 is 0. The number of methoxy groups -OCH3 is 1. The Labute approximate surface area is 109 Å². The number of carbonyl (C=O) groups is 1. The largest absolute Gasteiger partial charge is 0.383 e. The number of hydrogen-bond donors (Lipinski definition) is 2. The van der Waals surface area contributed by atoms with Crippen LogP contribution < -0.4 is 10.6 Å². The van der Waals surface area contributed by atoms with Crippen LogP contribution in [-0.2, 0) is 16.1 Å². The van der Waals surface area contributed by atoms with Crippen LogP contribution in [0.25, 0.3) is 0 Å². The zero-order valence-corrected chi connectivity index (χ0v) is 11.3. The molecule has 0 aliphatic carbocycles. The van der Waals surface area contributed by atoms with Gasteiger partial charge in [-0.3, -0.25) is 4.79 Å². The SMILES string of the molecule is COCCNC(=O)C(C)NCc1cccc(C)c1. The summed E-state index contributed by atoms with van der Waals surface area (Å²) < 4.78 is 4.88. The summed E-state index contributed by atoms with van der Waals surface area (Å²) in [5.74, 6) is -0.000275. The molecule has 0 heterocycles. The van der Waals surface area contributed by atoms with E-state index in [0.717, 1.165) is 0 Å². The maximum Gasteiger partial charge on any atom is 0.236 e. The summed E-state index contributed by atoms with van der Waals surface area (Å²) in [6.07, 6.45) is 0. The van der Waals surface area contributed by atoms with Gasteiger partial charge in [0.2, 0.25) is 5.91 Å². The average molecular weight is 250 g/mol. The van der Waals surface area contributed by atoms with Gasteiger partial charge in [0, 0.05) is 20.2 Å². The molecule has 18 heavy (non-hydrogen) atoms. The van der Waals surface area contributed by atoms with E-state index in [4.69, 9.17) is 4.74 Å². The van der Waals surface area contributed by atoms with Crippen LogP contribution in [0.2, 0.25) is 0 Å². The zero-order chi connectivity index (χ0) is 13.4. The molecule has 2 N–H and O–H groups in total. The molecule has 1 aromatic carbocycles. The number of hydrogen-bond acceptors (Lipinski definition) is 3. The van der Waals surface area contributed by atoms with Crippen molar-refractivity contribution in [2.45, 2.75) is 26.4 Å². The summed E-state index contributed by atoms with van der Waals surface area (Å²) in [5.41, 5.74) is 2.41. The van der Waals surface area contributed by atoms with Gasteiger partial charge in [0.15, 0.2) is 0 Å². The van der Waals surface area contributed by atoms with E-state index in [1.54, 1.807) is 7.11 Å². The first-order valence-electron chi connectivity index (χ1n) is 6.19. The van der Waals surface area contributed by atoms with Gasteiger partial charge in [-0.15, -0.1) is 0 Å². The number of rotatable bonds is 7. The maximum absolute atomic E-state index is 11.7. The lowest BCUT2D eigenvalue weighted by Gasteiger charge is -2.14. The van der Waals surface area contributed by atoms with Crippen molar-refractivity contribution < 1.29 is 9.53 Å². The molecule has 4 heteroatoms. The monoisotopic (exact) mass is 250 g/mol. The highest BCUT2D eigenvalue weighted by Gasteiger charge is 2.10. The van der Waals surface area contributed by atoms with Crippen LogP contribution in [0.1, 0.15) is 18.1 Å². The van der Waals surface area contributed by atoms with E-state index in [1.807, 2.05) is 13.0 Å². The molecule has 0 radical (unpaired) electrons. The highest BCUT2D eigenvalue weighted by molar-refractivity contribution is 5.81. The van der Waals surface area contributed by atoms with Crippen molar-refractivity contribution in [3.05, 3.63) is 35.4 Å². The molecule has 0 bridgehead atoms. The molecule has 1 aromatic rings. The van der Waals surface area contributed by atoms with Crippen LogP contribution in [0.5, 0.6) is 0 Å². The fraction of sp³-hybridized carbons (Fsp3) is 0.500. The molecule has 0 aliphatic rings. The molecule has 1 atom stereocenters. The Morgan fingerprint density at radius 3 is 2.89 bits per heavy atom. The van der Waals surface area contributed by atoms with Crippen LogP contribution >= 0.6 is 0 Å². The van der Waals surface area contributed by atoms with E-state index in [9.17, 15) is 4.79 Å². The second kappa shape index (κ2) is 7.84. The minimum atomic E-state index is -0.206. The molecular formula is C14H22N2O2. The topological polar surface area (TPSA) is 50.4 Å². The molecule has 0 aliphatic heterocycles. The second-order valence-electron chi connectivity index (χ2n) is 4.38. The Morgan fingerprint density at radius 1 is 1.44 bits per heavy atom. The smallest absolute Gasteiger partial charge is 0.236 e. The van der Waals surface area contributed by atoms with Gasteiger partial charge in [0.1, 0.15) is 0 Å². The average Bonchev–Trinajstić information content (AvgIpc) is 2.36. The number of carbonyl (C=O) groups excluding carboxylic acids is 1. The van der Waals surface area contributed by atoms with E-state index < -0.39 is 0 Å². The fourth-order valence-electron chi connectivity index (χ4n) is 1.62. The van der Waals surface area contributed by atoms with Gasteiger partial charge in [-0.1, -0.05) is 29.8 Å². The predicted molar refractivity (Wildman–Crippen MR) is 72.4 cm³/mol. The third-order valence-electron chi connectivity index (χ3n) is 2.69. The fourth-order valence-corrected chi connectivity index (χ4v) is 1.62. The highest BCUT2D eigenvalue weighted by Crippen LogP contribution is 2.03. The molecule has 100 valence electrons. The molecule has 0 saturated heterocycles. The lowest BCUT2D eigenvalue weighted by Crippen LogP contribution is -2.42. The highest BCUT2D eigenvalue weighted by atomic mass is 16.5. The number of ether oxygens (including phenoxy) is 1. The maximum atomic E-state index is 11.7.